The molecule has 7 nitrogen and oxygen atoms in total. The number of benzene rings is 1. The van der Waals surface area contributed by atoms with Crippen LogP contribution in [0.3, 0.4) is 0 Å². The molecule has 0 aliphatic rings. The number of carbonyl (C=O) groups is 1. The third-order valence-electron chi connectivity index (χ3n) is 3.39. The van der Waals surface area contributed by atoms with Gasteiger partial charge in [0.15, 0.2) is 0 Å². The first-order chi connectivity index (χ1) is 11.5. The molecule has 1 heterocycles. The molecule has 0 saturated carbocycles. The minimum atomic E-state index is -0.525. The summed E-state index contributed by atoms with van der Waals surface area (Å²) in [5.41, 5.74) is 0.692. The highest BCUT2D eigenvalue weighted by atomic mass is 19.1. The number of carbonyl (C=O) groups excluding carboxylic acids is 1. The Balaban J connectivity index is 1.92. The lowest BCUT2D eigenvalue weighted by molar-refractivity contribution is -0.385. The van der Waals surface area contributed by atoms with Crippen molar-refractivity contribution in [2.75, 3.05) is 18.0 Å². The van der Waals surface area contributed by atoms with Crippen LogP contribution in [-0.4, -0.2) is 28.9 Å². The van der Waals surface area contributed by atoms with Crippen LogP contribution >= 0.6 is 0 Å². The molecular formula is C16H17FN4O3. The highest BCUT2D eigenvalue weighted by Gasteiger charge is 2.13. The molecule has 0 aliphatic heterocycles. The van der Waals surface area contributed by atoms with Crippen LogP contribution < -0.4 is 10.2 Å². The standard InChI is InChI=1S/C16H17FN4O3/c1-2-20(15-8-7-14(10-18-15)21(23)24)11-16(22)19-9-12-3-5-13(17)6-4-12/h3-8,10H,2,9,11H2,1H3,(H,19,22). The maximum atomic E-state index is 12.8. The van der Waals surface area contributed by atoms with Gasteiger partial charge in [0.2, 0.25) is 5.91 Å². The number of nitrogens with one attached hydrogen (secondary N) is 1. The Hall–Kier alpha value is -3.03. The number of likely N-dealkylation sites (N-methyl/N-ethyl adjacent to an activating group) is 1. The van der Waals surface area contributed by atoms with E-state index < -0.39 is 4.92 Å². The zero-order chi connectivity index (χ0) is 17.5. The normalized spacial score (nSPS) is 10.2. The van der Waals surface area contributed by atoms with Gasteiger partial charge in [-0.15, -0.1) is 0 Å². The Morgan fingerprint density at radius 2 is 2.00 bits per heavy atom. The van der Waals surface area contributed by atoms with E-state index in [-0.39, 0.29) is 24.0 Å². The van der Waals surface area contributed by atoms with Gasteiger partial charge in [-0.25, -0.2) is 9.37 Å². The summed E-state index contributed by atoms with van der Waals surface area (Å²) in [6.07, 6.45) is 1.16. The molecule has 0 bridgehead atoms. The summed E-state index contributed by atoms with van der Waals surface area (Å²) in [4.78, 5) is 27.9. The summed E-state index contributed by atoms with van der Waals surface area (Å²) < 4.78 is 12.8. The smallest absolute Gasteiger partial charge is 0.287 e. The highest BCUT2D eigenvalue weighted by molar-refractivity contribution is 5.81. The largest absolute Gasteiger partial charge is 0.350 e. The van der Waals surface area contributed by atoms with Crippen LogP contribution in [-0.2, 0) is 11.3 Å². The van der Waals surface area contributed by atoms with Gasteiger partial charge in [-0.1, -0.05) is 12.1 Å². The average molecular weight is 332 g/mol. The molecule has 8 heteroatoms. The van der Waals surface area contributed by atoms with Gasteiger partial charge >= 0.3 is 0 Å². The van der Waals surface area contributed by atoms with Gasteiger partial charge in [0.1, 0.15) is 17.8 Å². The van der Waals surface area contributed by atoms with E-state index >= 15 is 0 Å². The number of halogens is 1. The number of hydrogen-bond acceptors (Lipinski definition) is 5. The molecule has 24 heavy (non-hydrogen) atoms. The zero-order valence-electron chi connectivity index (χ0n) is 13.1. The number of amides is 1. The van der Waals surface area contributed by atoms with Crippen LogP contribution in [0.25, 0.3) is 0 Å². The van der Waals surface area contributed by atoms with E-state index in [0.717, 1.165) is 11.8 Å². The zero-order valence-corrected chi connectivity index (χ0v) is 13.1. The first kappa shape index (κ1) is 17.3. The maximum Gasteiger partial charge on any atom is 0.287 e. The Bertz CT molecular complexity index is 704. The van der Waals surface area contributed by atoms with Gasteiger partial charge < -0.3 is 10.2 Å². The SMILES string of the molecule is CCN(CC(=O)NCc1ccc(F)cc1)c1ccc([N+](=O)[O-])cn1. The summed E-state index contributed by atoms with van der Waals surface area (Å²) >= 11 is 0. The lowest BCUT2D eigenvalue weighted by Crippen LogP contribution is -2.37. The molecule has 2 rings (SSSR count). The Kier molecular flexibility index (Phi) is 5.78. The van der Waals surface area contributed by atoms with Gasteiger partial charge in [0.05, 0.1) is 11.5 Å². The molecule has 0 unspecified atom stereocenters. The first-order valence-electron chi connectivity index (χ1n) is 7.36. The van der Waals surface area contributed by atoms with E-state index in [1.54, 1.807) is 17.0 Å². The molecule has 2 aromatic rings. The number of pyridine rings is 1. The van der Waals surface area contributed by atoms with Gasteiger partial charge in [-0.2, -0.15) is 0 Å². The molecule has 0 atom stereocenters. The molecule has 0 aliphatic carbocycles. The first-order valence-corrected chi connectivity index (χ1v) is 7.36. The molecule has 0 radical (unpaired) electrons. The summed E-state index contributed by atoms with van der Waals surface area (Å²) in [7, 11) is 0. The second kappa shape index (κ2) is 8.00. The fourth-order valence-corrected chi connectivity index (χ4v) is 2.06. The van der Waals surface area contributed by atoms with Gasteiger partial charge in [0.25, 0.3) is 5.69 Å². The molecule has 126 valence electrons. The van der Waals surface area contributed by atoms with E-state index in [2.05, 4.69) is 10.3 Å². The van der Waals surface area contributed by atoms with Crippen molar-refractivity contribution in [3.05, 3.63) is 64.1 Å². The van der Waals surface area contributed by atoms with Crippen molar-refractivity contribution < 1.29 is 14.1 Å². The molecule has 0 saturated heterocycles. The second-order valence-electron chi connectivity index (χ2n) is 5.05. The third-order valence-corrected chi connectivity index (χ3v) is 3.39. The number of rotatable bonds is 7. The van der Waals surface area contributed by atoms with E-state index in [9.17, 15) is 19.3 Å². The monoisotopic (exact) mass is 332 g/mol. The number of nitrogens with zero attached hydrogens (tertiary/aromatic N) is 3. The lowest BCUT2D eigenvalue weighted by atomic mass is 10.2. The van der Waals surface area contributed by atoms with Gasteiger partial charge in [0, 0.05) is 19.2 Å². The highest BCUT2D eigenvalue weighted by Crippen LogP contribution is 2.15. The molecule has 1 N–H and O–H groups in total. The lowest BCUT2D eigenvalue weighted by Gasteiger charge is -2.21. The maximum absolute atomic E-state index is 12.8. The Morgan fingerprint density at radius 3 is 2.54 bits per heavy atom. The van der Waals surface area contributed by atoms with Crippen molar-refractivity contribution in [2.24, 2.45) is 0 Å². The van der Waals surface area contributed by atoms with Crippen molar-refractivity contribution in [1.29, 1.82) is 0 Å². The minimum absolute atomic E-state index is 0.0719. The predicted octanol–water partition coefficient (Wildman–Crippen LogP) is 2.27. The third kappa shape index (κ3) is 4.73. The average Bonchev–Trinajstić information content (AvgIpc) is 2.59. The van der Waals surface area contributed by atoms with Gasteiger partial charge in [-0.3, -0.25) is 14.9 Å². The van der Waals surface area contributed by atoms with Crippen molar-refractivity contribution in [3.8, 4) is 0 Å². The van der Waals surface area contributed by atoms with E-state index in [1.807, 2.05) is 6.92 Å². The summed E-state index contributed by atoms with van der Waals surface area (Å²) in [6.45, 7) is 2.75. The number of anilines is 1. The fourth-order valence-electron chi connectivity index (χ4n) is 2.06. The Labute approximate surface area is 138 Å². The van der Waals surface area contributed by atoms with Crippen LogP contribution in [0, 0.1) is 15.9 Å². The number of nitro groups is 1. The predicted molar refractivity (Wildman–Crippen MR) is 87.0 cm³/mol. The molecule has 0 spiro atoms. The van der Waals surface area contributed by atoms with E-state index in [1.165, 1.54) is 24.3 Å². The van der Waals surface area contributed by atoms with Crippen molar-refractivity contribution in [3.63, 3.8) is 0 Å². The molecule has 1 aromatic heterocycles. The molecule has 0 fully saturated rings. The molecule has 1 aromatic carbocycles. The van der Waals surface area contributed by atoms with E-state index in [0.29, 0.717) is 18.9 Å². The summed E-state index contributed by atoms with van der Waals surface area (Å²) in [6, 6.07) is 8.73. The molecule has 1 amide bonds. The van der Waals surface area contributed by atoms with E-state index in [4.69, 9.17) is 0 Å². The second-order valence-corrected chi connectivity index (χ2v) is 5.05. The van der Waals surface area contributed by atoms with Crippen molar-refractivity contribution in [2.45, 2.75) is 13.5 Å². The van der Waals surface area contributed by atoms with Crippen LogP contribution in [0.1, 0.15) is 12.5 Å². The molecular weight excluding hydrogens is 315 g/mol. The Morgan fingerprint density at radius 1 is 1.29 bits per heavy atom. The van der Waals surface area contributed by atoms with Crippen LogP contribution in [0.4, 0.5) is 15.9 Å². The number of hydrogen-bond donors (Lipinski definition) is 1. The number of aromatic nitrogens is 1. The van der Waals surface area contributed by atoms with Gasteiger partial charge in [-0.05, 0) is 30.7 Å². The van der Waals surface area contributed by atoms with Crippen molar-refractivity contribution >= 4 is 17.4 Å². The topological polar surface area (TPSA) is 88.4 Å². The minimum Gasteiger partial charge on any atom is -0.350 e. The van der Waals surface area contributed by atoms with Crippen LogP contribution in [0.15, 0.2) is 42.6 Å². The quantitative estimate of drug-likeness (QED) is 0.621. The van der Waals surface area contributed by atoms with Crippen molar-refractivity contribution in [1.82, 2.24) is 10.3 Å². The summed E-state index contributed by atoms with van der Waals surface area (Å²) in [5, 5.41) is 13.4. The fraction of sp³-hybridized carbons (Fsp3) is 0.250. The van der Waals surface area contributed by atoms with Crippen LogP contribution in [0.2, 0.25) is 0 Å². The summed E-state index contributed by atoms with van der Waals surface area (Å²) in [5.74, 6) is -0.0622. The van der Waals surface area contributed by atoms with Crippen LogP contribution in [0.5, 0.6) is 0 Å².